The van der Waals surface area contributed by atoms with Crippen molar-refractivity contribution in [2.24, 2.45) is 0 Å². The van der Waals surface area contributed by atoms with Crippen molar-refractivity contribution in [1.82, 2.24) is 14.7 Å². The van der Waals surface area contributed by atoms with Crippen LogP contribution in [0.4, 0.5) is 0 Å². The standard InChI is InChI=1S/C18H27N3O4/c1-13-16(12-19-21(13)15-7-10-25-11-8-15)18(24)20-9-3-2-4-14(20)5-6-17(22)23/h12,14-15H,2-11H2,1H3,(H,22,23). The highest BCUT2D eigenvalue weighted by Crippen LogP contribution is 2.27. The Kier molecular flexibility index (Phi) is 5.73. The number of piperidine rings is 1. The van der Waals surface area contributed by atoms with E-state index in [0.717, 1.165) is 51.0 Å². The molecule has 25 heavy (non-hydrogen) atoms. The molecule has 2 saturated heterocycles. The Bertz CT molecular complexity index is 622. The molecule has 0 aliphatic carbocycles. The third-order valence-corrected chi connectivity index (χ3v) is 5.39. The number of amides is 1. The Morgan fingerprint density at radius 1 is 1.28 bits per heavy atom. The maximum absolute atomic E-state index is 13.1. The maximum atomic E-state index is 13.1. The number of carbonyl (C=O) groups is 2. The first-order chi connectivity index (χ1) is 12.1. The molecule has 0 saturated carbocycles. The summed E-state index contributed by atoms with van der Waals surface area (Å²) < 4.78 is 7.37. The van der Waals surface area contributed by atoms with Gasteiger partial charge in [0, 0.05) is 37.9 Å². The van der Waals surface area contributed by atoms with Gasteiger partial charge in [-0.2, -0.15) is 5.10 Å². The number of nitrogens with zero attached hydrogens (tertiary/aromatic N) is 3. The number of hydrogen-bond donors (Lipinski definition) is 1. The molecule has 1 atom stereocenters. The van der Waals surface area contributed by atoms with Crippen LogP contribution in [-0.4, -0.2) is 57.5 Å². The first kappa shape index (κ1) is 17.9. The quantitative estimate of drug-likeness (QED) is 0.882. The highest BCUT2D eigenvalue weighted by Gasteiger charge is 2.30. The van der Waals surface area contributed by atoms with E-state index in [0.29, 0.717) is 24.6 Å². The number of aliphatic carboxylic acids is 1. The number of hydrogen-bond acceptors (Lipinski definition) is 4. The van der Waals surface area contributed by atoms with Gasteiger partial charge in [0.1, 0.15) is 0 Å². The summed E-state index contributed by atoms with van der Waals surface area (Å²) in [6, 6.07) is 0.308. The van der Waals surface area contributed by atoms with Gasteiger partial charge in [-0.3, -0.25) is 14.3 Å². The lowest BCUT2D eigenvalue weighted by atomic mass is 9.97. The second kappa shape index (κ2) is 7.99. The van der Waals surface area contributed by atoms with E-state index in [1.807, 2.05) is 16.5 Å². The minimum absolute atomic E-state index is 0.00843. The Labute approximate surface area is 147 Å². The summed E-state index contributed by atoms with van der Waals surface area (Å²) in [5, 5.41) is 13.4. The van der Waals surface area contributed by atoms with Crippen LogP contribution >= 0.6 is 0 Å². The van der Waals surface area contributed by atoms with Crippen LogP contribution in [0.5, 0.6) is 0 Å². The molecule has 1 aromatic heterocycles. The van der Waals surface area contributed by atoms with Crippen LogP contribution in [0.3, 0.4) is 0 Å². The van der Waals surface area contributed by atoms with Crippen LogP contribution in [0.1, 0.15) is 67.0 Å². The van der Waals surface area contributed by atoms with Crippen LogP contribution in [0, 0.1) is 6.92 Å². The summed E-state index contributed by atoms with van der Waals surface area (Å²) in [5.41, 5.74) is 1.55. The SMILES string of the molecule is Cc1c(C(=O)N2CCCCC2CCC(=O)O)cnn1C1CCOCC1. The molecule has 3 heterocycles. The average molecular weight is 349 g/mol. The fraction of sp³-hybridized carbons (Fsp3) is 0.722. The van der Waals surface area contributed by atoms with E-state index in [1.54, 1.807) is 6.20 Å². The molecule has 7 nitrogen and oxygen atoms in total. The monoisotopic (exact) mass is 349 g/mol. The summed E-state index contributed by atoms with van der Waals surface area (Å²) in [7, 11) is 0. The predicted octanol–water partition coefficient (Wildman–Crippen LogP) is 2.40. The molecule has 1 amide bonds. The molecule has 1 aromatic rings. The van der Waals surface area contributed by atoms with Crippen molar-refractivity contribution in [3.8, 4) is 0 Å². The maximum Gasteiger partial charge on any atom is 0.303 e. The molecule has 1 N–H and O–H groups in total. The summed E-state index contributed by atoms with van der Waals surface area (Å²) in [6.45, 7) is 4.12. The van der Waals surface area contributed by atoms with Gasteiger partial charge in [0.15, 0.2) is 0 Å². The van der Waals surface area contributed by atoms with Gasteiger partial charge in [-0.15, -0.1) is 0 Å². The van der Waals surface area contributed by atoms with Gasteiger partial charge >= 0.3 is 5.97 Å². The minimum atomic E-state index is -0.804. The molecule has 0 bridgehead atoms. The lowest BCUT2D eigenvalue weighted by molar-refractivity contribution is -0.137. The zero-order chi connectivity index (χ0) is 17.8. The molecule has 138 valence electrons. The van der Waals surface area contributed by atoms with E-state index >= 15 is 0 Å². The number of aromatic nitrogens is 2. The molecular formula is C18H27N3O4. The predicted molar refractivity (Wildman–Crippen MR) is 91.6 cm³/mol. The lowest BCUT2D eigenvalue weighted by Gasteiger charge is -2.35. The van der Waals surface area contributed by atoms with E-state index in [9.17, 15) is 9.59 Å². The van der Waals surface area contributed by atoms with Gasteiger partial charge in [0.25, 0.3) is 5.91 Å². The van der Waals surface area contributed by atoms with Crippen LogP contribution in [0.25, 0.3) is 0 Å². The normalized spacial score (nSPS) is 22.1. The number of rotatable bonds is 5. The van der Waals surface area contributed by atoms with Crippen LogP contribution in [-0.2, 0) is 9.53 Å². The van der Waals surface area contributed by atoms with Crippen molar-refractivity contribution in [3.63, 3.8) is 0 Å². The van der Waals surface area contributed by atoms with Gasteiger partial charge < -0.3 is 14.7 Å². The molecule has 2 fully saturated rings. The molecule has 2 aliphatic heterocycles. The highest BCUT2D eigenvalue weighted by atomic mass is 16.5. The molecule has 2 aliphatic rings. The zero-order valence-electron chi connectivity index (χ0n) is 14.8. The van der Waals surface area contributed by atoms with Gasteiger partial charge in [0.2, 0.25) is 0 Å². The fourth-order valence-corrected chi connectivity index (χ4v) is 3.94. The average Bonchev–Trinajstić information content (AvgIpc) is 3.02. The highest BCUT2D eigenvalue weighted by molar-refractivity contribution is 5.95. The van der Waals surface area contributed by atoms with Gasteiger partial charge in [0.05, 0.1) is 17.8 Å². The Morgan fingerprint density at radius 2 is 2.04 bits per heavy atom. The first-order valence-corrected chi connectivity index (χ1v) is 9.22. The number of carboxylic acid groups (broad SMARTS) is 1. The van der Waals surface area contributed by atoms with E-state index < -0.39 is 5.97 Å². The van der Waals surface area contributed by atoms with Gasteiger partial charge in [-0.05, 0) is 45.4 Å². The minimum Gasteiger partial charge on any atom is -0.481 e. The van der Waals surface area contributed by atoms with Crippen LogP contribution < -0.4 is 0 Å². The smallest absolute Gasteiger partial charge is 0.303 e. The fourth-order valence-electron chi connectivity index (χ4n) is 3.94. The largest absolute Gasteiger partial charge is 0.481 e. The number of ether oxygens (including phenoxy) is 1. The third-order valence-electron chi connectivity index (χ3n) is 5.39. The molecule has 0 radical (unpaired) electrons. The van der Waals surface area contributed by atoms with E-state index in [1.165, 1.54) is 0 Å². The molecule has 7 heteroatoms. The summed E-state index contributed by atoms with van der Waals surface area (Å²) in [4.78, 5) is 25.8. The van der Waals surface area contributed by atoms with Crippen molar-refractivity contribution in [1.29, 1.82) is 0 Å². The van der Waals surface area contributed by atoms with Gasteiger partial charge in [-0.1, -0.05) is 0 Å². The second-order valence-corrected chi connectivity index (χ2v) is 7.01. The van der Waals surface area contributed by atoms with Crippen molar-refractivity contribution in [3.05, 3.63) is 17.5 Å². The number of likely N-dealkylation sites (tertiary alicyclic amines) is 1. The van der Waals surface area contributed by atoms with Crippen molar-refractivity contribution >= 4 is 11.9 Å². The molecule has 0 spiro atoms. The molecule has 3 rings (SSSR count). The Hall–Kier alpha value is -1.89. The summed E-state index contributed by atoms with van der Waals surface area (Å²) in [6.07, 6.45) is 7.05. The summed E-state index contributed by atoms with van der Waals surface area (Å²) in [5.74, 6) is -0.813. The van der Waals surface area contributed by atoms with Crippen LogP contribution in [0.2, 0.25) is 0 Å². The lowest BCUT2D eigenvalue weighted by Crippen LogP contribution is -2.44. The van der Waals surface area contributed by atoms with E-state index in [4.69, 9.17) is 9.84 Å². The number of carbonyl (C=O) groups excluding carboxylic acids is 1. The molecular weight excluding hydrogens is 322 g/mol. The van der Waals surface area contributed by atoms with Crippen molar-refractivity contribution < 1.29 is 19.4 Å². The first-order valence-electron chi connectivity index (χ1n) is 9.22. The van der Waals surface area contributed by atoms with Crippen molar-refractivity contribution in [2.75, 3.05) is 19.8 Å². The zero-order valence-corrected chi connectivity index (χ0v) is 14.8. The van der Waals surface area contributed by atoms with Crippen molar-refractivity contribution in [2.45, 2.75) is 64.0 Å². The van der Waals surface area contributed by atoms with Gasteiger partial charge in [-0.25, -0.2) is 0 Å². The Balaban J connectivity index is 1.74. The van der Waals surface area contributed by atoms with E-state index in [-0.39, 0.29) is 18.4 Å². The van der Waals surface area contributed by atoms with E-state index in [2.05, 4.69) is 5.10 Å². The van der Waals surface area contributed by atoms with Crippen LogP contribution in [0.15, 0.2) is 6.20 Å². The number of carboxylic acids is 1. The second-order valence-electron chi connectivity index (χ2n) is 7.01. The third kappa shape index (κ3) is 4.03. The molecule has 1 unspecified atom stereocenters. The Morgan fingerprint density at radius 3 is 2.76 bits per heavy atom. The summed E-state index contributed by atoms with van der Waals surface area (Å²) >= 11 is 0. The molecule has 0 aromatic carbocycles. The topological polar surface area (TPSA) is 84.7 Å².